The summed E-state index contributed by atoms with van der Waals surface area (Å²) >= 11 is 0. The number of amides is 2. The highest BCUT2D eigenvalue weighted by Gasteiger charge is 2.48. The van der Waals surface area contributed by atoms with Gasteiger partial charge in [-0.25, -0.2) is 4.79 Å². The van der Waals surface area contributed by atoms with Gasteiger partial charge in [0.15, 0.2) is 0 Å². The molecule has 5 heteroatoms. The summed E-state index contributed by atoms with van der Waals surface area (Å²) in [5.74, 6) is 1.44. The monoisotopic (exact) mass is 307 g/mol. The van der Waals surface area contributed by atoms with E-state index in [1.54, 1.807) is 0 Å². The molecule has 2 amide bonds. The second-order valence-electron chi connectivity index (χ2n) is 7.54. The number of fused-ring (bicyclic) bond motifs is 3. The first-order valence-corrected chi connectivity index (χ1v) is 9.19. The number of hydrogen-bond donors (Lipinski definition) is 1. The van der Waals surface area contributed by atoms with E-state index in [0.717, 1.165) is 51.0 Å². The van der Waals surface area contributed by atoms with E-state index in [2.05, 4.69) is 15.1 Å². The van der Waals surface area contributed by atoms with Crippen molar-refractivity contribution in [2.24, 2.45) is 11.8 Å². The van der Waals surface area contributed by atoms with Crippen LogP contribution in [-0.2, 0) is 4.74 Å². The molecule has 5 nitrogen and oxygen atoms in total. The summed E-state index contributed by atoms with van der Waals surface area (Å²) < 4.78 is 5.61. The van der Waals surface area contributed by atoms with Gasteiger partial charge >= 0.3 is 6.03 Å². The highest BCUT2D eigenvalue weighted by Crippen LogP contribution is 2.40. The van der Waals surface area contributed by atoms with E-state index in [1.807, 2.05) is 0 Å². The Morgan fingerprint density at radius 2 is 2.09 bits per heavy atom. The molecule has 124 valence electrons. The summed E-state index contributed by atoms with van der Waals surface area (Å²) in [6, 6.07) is 0.901. The molecule has 0 aliphatic carbocycles. The molecule has 1 N–H and O–H groups in total. The van der Waals surface area contributed by atoms with E-state index >= 15 is 0 Å². The van der Waals surface area contributed by atoms with Crippen molar-refractivity contribution < 1.29 is 9.53 Å². The van der Waals surface area contributed by atoms with Crippen LogP contribution in [0.25, 0.3) is 0 Å². The third kappa shape index (κ3) is 2.85. The summed E-state index contributed by atoms with van der Waals surface area (Å²) in [4.78, 5) is 17.1. The Labute approximate surface area is 133 Å². The van der Waals surface area contributed by atoms with Crippen molar-refractivity contribution in [2.75, 3.05) is 39.3 Å². The predicted molar refractivity (Wildman–Crippen MR) is 84.8 cm³/mol. The number of nitrogens with zero attached hydrogens (tertiary/aromatic N) is 2. The van der Waals surface area contributed by atoms with E-state index in [-0.39, 0.29) is 6.03 Å². The Morgan fingerprint density at radius 1 is 1.14 bits per heavy atom. The van der Waals surface area contributed by atoms with Gasteiger partial charge < -0.3 is 15.0 Å². The Morgan fingerprint density at radius 3 is 2.95 bits per heavy atom. The van der Waals surface area contributed by atoms with Crippen LogP contribution in [0.4, 0.5) is 4.79 Å². The fourth-order valence-corrected chi connectivity index (χ4v) is 5.04. The van der Waals surface area contributed by atoms with Gasteiger partial charge in [-0.15, -0.1) is 0 Å². The van der Waals surface area contributed by atoms with Crippen LogP contribution >= 0.6 is 0 Å². The molecule has 4 fully saturated rings. The second kappa shape index (κ2) is 6.36. The molecule has 4 atom stereocenters. The smallest absolute Gasteiger partial charge is 0.317 e. The number of piperidine rings is 1. The normalized spacial score (nSPS) is 38.1. The molecule has 0 saturated carbocycles. The summed E-state index contributed by atoms with van der Waals surface area (Å²) in [5.41, 5.74) is 0. The SMILES string of the molecule is O=C(NCCC1CCCO1)N1CC2CN3CCCCC3C2C1. The quantitative estimate of drug-likeness (QED) is 0.863. The Bertz CT molecular complexity index is 411. The number of nitrogens with one attached hydrogen (secondary N) is 1. The van der Waals surface area contributed by atoms with Crippen LogP contribution in [0.2, 0.25) is 0 Å². The molecule has 0 spiro atoms. The van der Waals surface area contributed by atoms with Crippen LogP contribution in [-0.4, -0.2) is 67.3 Å². The number of likely N-dealkylation sites (tertiary alicyclic amines) is 1. The first kappa shape index (κ1) is 14.8. The lowest BCUT2D eigenvalue weighted by Crippen LogP contribution is -2.44. The summed E-state index contributed by atoms with van der Waals surface area (Å²) in [6.07, 6.45) is 7.74. The summed E-state index contributed by atoms with van der Waals surface area (Å²) in [7, 11) is 0. The minimum Gasteiger partial charge on any atom is -0.378 e. The molecule has 4 rings (SSSR count). The largest absolute Gasteiger partial charge is 0.378 e. The molecule has 4 saturated heterocycles. The fourth-order valence-electron chi connectivity index (χ4n) is 5.04. The van der Waals surface area contributed by atoms with Gasteiger partial charge in [0.25, 0.3) is 0 Å². The van der Waals surface area contributed by atoms with Crippen molar-refractivity contribution in [1.82, 2.24) is 15.1 Å². The molecule has 22 heavy (non-hydrogen) atoms. The zero-order valence-electron chi connectivity index (χ0n) is 13.5. The third-order valence-electron chi connectivity index (χ3n) is 6.17. The summed E-state index contributed by atoms with van der Waals surface area (Å²) in [6.45, 7) is 6.08. The van der Waals surface area contributed by atoms with E-state index in [0.29, 0.717) is 12.0 Å². The molecular weight excluding hydrogens is 278 g/mol. The van der Waals surface area contributed by atoms with Crippen molar-refractivity contribution in [1.29, 1.82) is 0 Å². The maximum atomic E-state index is 12.4. The standard InChI is InChI=1S/C17H29N3O2/c21-17(18-7-6-14-4-3-9-22-14)20-11-13-10-19-8-2-1-5-16(19)15(13)12-20/h13-16H,1-12H2,(H,18,21). The van der Waals surface area contributed by atoms with Gasteiger partial charge in [0.1, 0.15) is 0 Å². The predicted octanol–water partition coefficient (Wildman–Crippen LogP) is 1.68. The third-order valence-corrected chi connectivity index (χ3v) is 6.17. The van der Waals surface area contributed by atoms with Crippen molar-refractivity contribution in [3.8, 4) is 0 Å². The number of urea groups is 1. The van der Waals surface area contributed by atoms with E-state index in [1.165, 1.54) is 38.8 Å². The van der Waals surface area contributed by atoms with Crippen molar-refractivity contribution in [3.63, 3.8) is 0 Å². The highest BCUT2D eigenvalue weighted by atomic mass is 16.5. The van der Waals surface area contributed by atoms with Crippen LogP contribution < -0.4 is 5.32 Å². The molecule has 4 aliphatic rings. The number of carbonyl (C=O) groups excluding carboxylic acids is 1. The van der Waals surface area contributed by atoms with Crippen LogP contribution in [0.15, 0.2) is 0 Å². The van der Waals surface area contributed by atoms with Gasteiger partial charge in [0.05, 0.1) is 6.10 Å². The van der Waals surface area contributed by atoms with E-state index in [4.69, 9.17) is 4.74 Å². The average Bonchev–Trinajstić information content (AvgIpc) is 3.22. The first-order chi connectivity index (χ1) is 10.8. The maximum absolute atomic E-state index is 12.4. The average molecular weight is 307 g/mol. The van der Waals surface area contributed by atoms with Crippen LogP contribution in [0.3, 0.4) is 0 Å². The highest BCUT2D eigenvalue weighted by molar-refractivity contribution is 5.74. The van der Waals surface area contributed by atoms with E-state index in [9.17, 15) is 4.79 Å². The Balaban J connectivity index is 1.23. The fraction of sp³-hybridized carbons (Fsp3) is 0.941. The lowest BCUT2D eigenvalue weighted by atomic mass is 9.90. The number of ether oxygens (including phenoxy) is 1. The molecule has 0 aromatic heterocycles. The zero-order chi connectivity index (χ0) is 14.9. The molecule has 4 aliphatic heterocycles. The molecule has 4 heterocycles. The zero-order valence-corrected chi connectivity index (χ0v) is 13.5. The van der Waals surface area contributed by atoms with Gasteiger partial charge in [-0.1, -0.05) is 6.42 Å². The van der Waals surface area contributed by atoms with E-state index < -0.39 is 0 Å². The van der Waals surface area contributed by atoms with Gasteiger partial charge in [-0.2, -0.15) is 0 Å². The minimum absolute atomic E-state index is 0.148. The first-order valence-electron chi connectivity index (χ1n) is 9.19. The van der Waals surface area contributed by atoms with Gasteiger partial charge in [0, 0.05) is 38.8 Å². The molecule has 0 aromatic rings. The maximum Gasteiger partial charge on any atom is 0.317 e. The Hall–Kier alpha value is -0.810. The molecule has 0 aromatic carbocycles. The Kier molecular flexibility index (Phi) is 4.27. The van der Waals surface area contributed by atoms with Gasteiger partial charge in [0.2, 0.25) is 0 Å². The molecule has 4 unspecified atom stereocenters. The molecule has 0 radical (unpaired) electrons. The number of rotatable bonds is 3. The lowest BCUT2D eigenvalue weighted by Gasteiger charge is -2.33. The van der Waals surface area contributed by atoms with Gasteiger partial charge in [-0.05, 0) is 50.5 Å². The van der Waals surface area contributed by atoms with Crippen LogP contribution in [0.1, 0.15) is 38.5 Å². The number of carbonyl (C=O) groups is 1. The van der Waals surface area contributed by atoms with Crippen molar-refractivity contribution in [2.45, 2.75) is 50.7 Å². The second-order valence-corrected chi connectivity index (χ2v) is 7.54. The van der Waals surface area contributed by atoms with Crippen LogP contribution in [0.5, 0.6) is 0 Å². The van der Waals surface area contributed by atoms with Crippen LogP contribution in [0, 0.1) is 11.8 Å². The van der Waals surface area contributed by atoms with Gasteiger partial charge in [-0.3, -0.25) is 4.90 Å². The van der Waals surface area contributed by atoms with Crippen molar-refractivity contribution in [3.05, 3.63) is 0 Å². The molecule has 0 bridgehead atoms. The summed E-state index contributed by atoms with van der Waals surface area (Å²) in [5, 5.41) is 3.11. The van der Waals surface area contributed by atoms with Crippen molar-refractivity contribution >= 4 is 6.03 Å². The lowest BCUT2D eigenvalue weighted by molar-refractivity contribution is 0.104. The topological polar surface area (TPSA) is 44.8 Å². The molecular formula is C17H29N3O2. The number of hydrogen-bond acceptors (Lipinski definition) is 3. The minimum atomic E-state index is 0.148.